The van der Waals surface area contributed by atoms with Crippen molar-refractivity contribution in [2.45, 2.75) is 53.0 Å². The molecule has 3 aliphatic rings. The molecule has 4 nitrogen and oxygen atoms in total. The second-order valence-electron chi connectivity index (χ2n) is 7.19. The van der Waals surface area contributed by atoms with Gasteiger partial charge in [-0.2, -0.15) is 0 Å². The highest BCUT2D eigenvalue weighted by atomic mass is 32.2. The van der Waals surface area contributed by atoms with Crippen LogP contribution in [0.2, 0.25) is 0 Å². The second kappa shape index (κ2) is 3.87. The smallest absolute Gasteiger partial charge is 0.262 e. The molecule has 3 rings (SSSR count). The summed E-state index contributed by atoms with van der Waals surface area (Å²) in [5.74, 6) is 0.374. The van der Waals surface area contributed by atoms with Gasteiger partial charge in [0.05, 0.1) is 11.8 Å². The van der Waals surface area contributed by atoms with E-state index in [0.717, 1.165) is 19.3 Å². The third kappa shape index (κ3) is 1.42. The molecular formula is C15H23NO3S. The van der Waals surface area contributed by atoms with Gasteiger partial charge in [0.25, 0.3) is 5.91 Å². The molecule has 3 atom stereocenters. The molecule has 3 fully saturated rings. The summed E-state index contributed by atoms with van der Waals surface area (Å²) in [6, 6.07) is -0.122. The molecule has 5 heteroatoms. The Hall–Kier alpha value is -0.840. The highest BCUT2D eigenvalue weighted by molar-refractivity contribution is 7.90. The maximum atomic E-state index is 12.6. The Bertz CT molecular complexity index is 605. The topological polar surface area (TPSA) is 54.5 Å². The van der Waals surface area contributed by atoms with E-state index < -0.39 is 10.0 Å². The van der Waals surface area contributed by atoms with Gasteiger partial charge in [0.15, 0.2) is 0 Å². The predicted molar refractivity (Wildman–Crippen MR) is 77.4 cm³/mol. The zero-order chi connectivity index (χ0) is 14.9. The van der Waals surface area contributed by atoms with E-state index in [-0.39, 0.29) is 28.5 Å². The van der Waals surface area contributed by atoms with Gasteiger partial charge in [-0.3, -0.25) is 4.79 Å². The van der Waals surface area contributed by atoms with Crippen LogP contribution in [0.4, 0.5) is 0 Å². The minimum Gasteiger partial charge on any atom is -0.268 e. The number of rotatable bonds is 1. The van der Waals surface area contributed by atoms with Gasteiger partial charge in [-0.05, 0) is 44.4 Å². The summed E-state index contributed by atoms with van der Waals surface area (Å²) in [6.07, 6.45) is 4.58. The molecule has 2 aliphatic carbocycles. The van der Waals surface area contributed by atoms with Crippen LogP contribution in [0.15, 0.2) is 11.6 Å². The fraction of sp³-hybridized carbons (Fsp3) is 0.800. The molecular weight excluding hydrogens is 274 g/mol. The Morgan fingerprint density at radius 3 is 2.55 bits per heavy atom. The quantitative estimate of drug-likeness (QED) is 0.698. The van der Waals surface area contributed by atoms with Gasteiger partial charge in [-0.15, -0.1) is 0 Å². The SMILES string of the molecule is C/C=C(\C)C(=O)N1[C@@H]2C[C@H]3CC[C@]2(CS1(=O)=O)C3(C)C. The van der Waals surface area contributed by atoms with Crippen molar-refractivity contribution in [2.24, 2.45) is 16.7 Å². The third-order valence-electron chi connectivity index (χ3n) is 6.38. The summed E-state index contributed by atoms with van der Waals surface area (Å²) < 4.78 is 26.4. The van der Waals surface area contributed by atoms with Crippen LogP contribution in [0.25, 0.3) is 0 Å². The molecule has 0 N–H and O–H groups in total. The molecule has 1 spiro atoms. The third-order valence-corrected chi connectivity index (χ3v) is 8.28. The van der Waals surface area contributed by atoms with Crippen LogP contribution in [0.3, 0.4) is 0 Å². The number of sulfonamides is 1. The Balaban J connectivity index is 2.09. The van der Waals surface area contributed by atoms with Crippen molar-refractivity contribution in [2.75, 3.05) is 5.75 Å². The van der Waals surface area contributed by atoms with E-state index >= 15 is 0 Å². The van der Waals surface area contributed by atoms with Crippen molar-refractivity contribution in [1.29, 1.82) is 0 Å². The van der Waals surface area contributed by atoms with Gasteiger partial charge in [0.2, 0.25) is 10.0 Å². The fourth-order valence-electron chi connectivity index (χ4n) is 4.85. The average Bonchev–Trinajstić information content (AvgIpc) is 2.83. The van der Waals surface area contributed by atoms with Crippen molar-refractivity contribution >= 4 is 15.9 Å². The van der Waals surface area contributed by atoms with Gasteiger partial charge in [0.1, 0.15) is 0 Å². The zero-order valence-corrected chi connectivity index (χ0v) is 13.5. The van der Waals surface area contributed by atoms with Crippen LogP contribution in [-0.4, -0.2) is 30.4 Å². The number of carbonyl (C=O) groups is 1. The largest absolute Gasteiger partial charge is 0.268 e. The molecule has 1 aliphatic heterocycles. The molecule has 0 unspecified atom stereocenters. The summed E-state index contributed by atoms with van der Waals surface area (Å²) in [5, 5.41) is 0. The van der Waals surface area contributed by atoms with E-state index in [2.05, 4.69) is 13.8 Å². The van der Waals surface area contributed by atoms with E-state index in [1.165, 1.54) is 4.31 Å². The van der Waals surface area contributed by atoms with Gasteiger partial charge < -0.3 is 0 Å². The summed E-state index contributed by atoms with van der Waals surface area (Å²) in [7, 11) is -3.47. The summed E-state index contributed by atoms with van der Waals surface area (Å²) in [6.45, 7) is 7.85. The first-order chi connectivity index (χ1) is 9.17. The van der Waals surface area contributed by atoms with Crippen LogP contribution >= 0.6 is 0 Å². The summed E-state index contributed by atoms with van der Waals surface area (Å²) in [5.41, 5.74) is 0.315. The van der Waals surface area contributed by atoms with Crippen LogP contribution in [0.1, 0.15) is 47.0 Å². The van der Waals surface area contributed by atoms with Crippen molar-refractivity contribution in [1.82, 2.24) is 4.31 Å². The number of fused-ring (bicyclic) bond motifs is 1. The van der Waals surface area contributed by atoms with E-state index in [1.807, 2.05) is 0 Å². The normalized spacial score (nSPS) is 41.0. The van der Waals surface area contributed by atoms with E-state index in [1.54, 1.807) is 19.9 Å². The van der Waals surface area contributed by atoms with Gasteiger partial charge in [-0.1, -0.05) is 19.9 Å². The first-order valence-corrected chi connectivity index (χ1v) is 8.97. The Morgan fingerprint density at radius 2 is 2.00 bits per heavy atom. The molecule has 2 bridgehead atoms. The van der Waals surface area contributed by atoms with Gasteiger partial charge in [-0.25, -0.2) is 12.7 Å². The molecule has 20 heavy (non-hydrogen) atoms. The Kier molecular flexibility index (Phi) is 2.73. The predicted octanol–water partition coefficient (Wildman–Crippen LogP) is 2.32. The first-order valence-electron chi connectivity index (χ1n) is 7.37. The lowest BCUT2D eigenvalue weighted by Crippen LogP contribution is -2.44. The number of hydrogen-bond acceptors (Lipinski definition) is 3. The number of nitrogens with zero attached hydrogens (tertiary/aromatic N) is 1. The molecule has 1 amide bonds. The van der Waals surface area contributed by atoms with Crippen LogP contribution in [-0.2, 0) is 14.8 Å². The lowest BCUT2D eigenvalue weighted by molar-refractivity contribution is -0.125. The standard InChI is InChI=1S/C15H23NO3S/c1-5-10(2)13(17)16-12-8-11-6-7-15(12,14(11,3)4)9-20(16,18)19/h5,11-12H,6-9H2,1-4H3/b10-5+/t11-,12-,15-/m1/s1. The van der Waals surface area contributed by atoms with Gasteiger partial charge >= 0.3 is 0 Å². The number of hydrogen-bond donors (Lipinski definition) is 0. The minimum atomic E-state index is -3.47. The molecule has 2 saturated carbocycles. The monoisotopic (exact) mass is 297 g/mol. The van der Waals surface area contributed by atoms with Crippen molar-refractivity contribution in [3.8, 4) is 0 Å². The highest BCUT2D eigenvalue weighted by Gasteiger charge is 2.72. The molecule has 0 radical (unpaired) electrons. The molecule has 1 saturated heterocycles. The second-order valence-corrected chi connectivity index (χ2v) is 9.04. The minimum absolute atomic E-state index is 0.0175. The van der Waals surface area contributed by atoms with E-state index in [9.17, 15) is 13.2 Å². The Labute approximate surface area is 121 Å². The molecule has 0 aromatic heterocycles. The summed E-state index contributed by atoms with van der Waals surface area (Å²) >= 11 is 0. The lowest BCUT2D eigenvalue weighted by Gasteiger charge is -2.37. The highest BCUT2D eigenvalue weighted by Crippen LogP contribution is 2.70. The molecule has 0 aromatic rings. The van der Waals surface area contributed by atoms with E-state index in [0.29, 0.717) is 11.5 Å². The van der Waals surface area contributed by atoms with Crippen LogP contribution in [0.5, 0.6) is 0 Å². The number of amides is 1. The molecule has 0 aromatic carbocycles. The number of carbonyl (C=O) groups excluding carboxylic acids is 1. The van der Waals surface area contributed by atoms with Crippen molar-refractivity contribution < 1.29 is 13.2 Å². The lowest BCUT2D eigenvalue weighted by atomic mass is 9.69. The first kappa shape index (κ1) is 14.1. The zero-order valence-electron chi connectivity index (χ0n) is 12.6. The molecule has 1 heterocycles. The van der Waals surface area contributed by atoms with Gasteiger partial charge in [0, 0.05) is 11.0 Å². The Morgan fingerprint density at radius 1 is 1.35 bits per heavy atom. The number of allylic oxidation sites excluding steroid dienone is 1. The van der Waals surface area contributed by atoms with Crippen molar-refractivity contribution in [3.63, 3.8) is 0 Å². The van der Waals surface area contributed by atoms with E-state index in [4.69, 9.17) is 0 Å². The fourth-order valence-corrected chi connectivity index (χ4v) is 7.42. The van der Waals surface area contributed by atoms with Crippen molar-refractivity contribution in [3.05, 3.63) is 11.6 Å². The average molecular weight is 297 g/mol. The van der Waals surface area contributed by atoms with Crippen LogP contribution < -0.4 is 0 Å². The molecule has 112 valence electrons. The van der Waals surface area contributed by atoms with Crippen LogP contribution in [0, 0.1) is 16.7 Å². The maximum absolute atomic E-state index is 12.6. The maximum Gasteiger partial charge on any atom is 0.262 e. The summed E-state index contributed by atoms with van der Waals surface area (Å²) in [4.78, 5) is 12.5.